The fourth-order valence-corrected chi connectivity index (χ4v) is 4.87. The van der Waals surface area contributed by atoms with Crippen LogP contribution < -0.4 is 10.6 Å². The average molecular weight is 539 g/mol. The Hall–Kier alpha value is -3.41. The van der Waals surface area contributed by atoms with Crippen LogP contribution in [0.25, 0.3) is 22.6 Å². The first kappa shape index (κ1) is 27.2. The first-order valence-electron chi connectivity index (χ1n) is 13.5. The summed E-state index contributed by atoms with van der Waals surface area (Å²) in [6, 6.07) is 8.00. The van der Waals surface area contributed by atoms with Crippen LogP contribution in [0, 0.1) is 11.2 Å². The second-order valence-corrected chi connectivity index (χ2v) is 10.4. The summed E-state index contributed by atoms with van der Waals surface area (Å²) in [5.41, 5.74) is 1.61. The van der Waals surface area contributed by atoms with Crippen LogP contribution in [0.1, 0.15) is 57.6 Å². The van der Waals surface area contributed by atoms with E-state index in [1.165, 1.54) is 18.6 Å². The summed E-state index contributed by atoms with van der Waals surface area (Å²) in [6.07, 6.45) is 6.90. The Morgan fingerprint density at radius 2 is 1.87 bits per heavy atom. The number of rotatable bonds is 9. The molecule has 0 atom stereocenters. The van der Waals surface area contributed by atoms with Crippen molar-refractivity contribution >= 4 is 11.9 Å². The Balaban J connectivity index is 1.36. The number of aromatic amines is 1. The van der Waals surface area contributed by atoms with Crippen molar-refractivity contribution < 1.29 is 23.8 Å². The van der Waals surface area contributed by atoms with Crippen LogP contribution in [-0.2, 0) is 14.3 Å². The number of nitrogens with zero attached hydrogens (tertiary/aromatic N) is 3. The maximum Gasteiger partial charge on any atom is 0.230 e. The molecule has 0 unspecified atom stereocenters. The Kier molecular flexibility index (Phi) is 8.49. The number of anilines is 1. The van der Waals surface area contributed by atoms with Crippen molar-refractivity contribution in [3.63, 3.8) is 0 Å². The lowest BCUT2D eigenvalue weighted by Crippen LogP contribution is -2.51. The van der Waals surface area contributed by atoms with Gasteiger partial charge in [-0.2, -0.15) is 0 Å². The molecule has 1 aliphatic carbocycles. The number of aromatic nitrogens is 4. The van der Waals surface area contributed by atoms with E-state index < -0.39 is 11.7 Å². The first-order chi connectivity index (χ1) is 18.9. The number of carbonyl (C=O) groups is 1. The molecule has 3 heterocycles. The molecule has 2 fully saturated rings. The van der Waals surface area contributed by atoms with E-state index in [0.29, 0.717) is 47.4 Å². The number of halogens is 1. The van der Waals surface area contributed by atoms with Gasteiger partial charge in [-0.3, -0.25) is 4.79 Å². The van der Waals surface area contributed by atoms with E-state index in [1.54, 1.807) is 24.4 Å². The number of nitrogens with one attached hydrogen (secondary N) is 3. The molecule has 0 bridgehead atoms. The normalized spacial score (nSPS) is 22.0. The standard InChI is InChI=1S/C28H35FN6O4/c1-28(26(37)32-20-6-3-2-4-7-20)16-38-25(39-17-28)24-34-22(18-8-10-19(29)11-9-18)23(35-24)21-12-14-31-27(33-21)30-13-5-15-36/h8-12,14,20,25,36H,2-7,13,15-17H2,1H3,(H,32,37)(H,34,35)(H,30,31,33). The Morgan fingerprint density at radius 3 is 2.59 bits per heavy atom. The third-order valence-electron chi connectivity index (χ3n) is 7.19. The second-order valence-electron chi connectivity index (χ2n) is 10.4. The number of benzene rings is 1. The van der Waals surface area contributed by atoms with Gasteiger partial charge in [-0.15, -0.1) is 0 Å². The average Bonchev–Trinajstić information content (AvgIpc) is 3.40. The number of hydrogen-bond donors (Lipinski definition) is 4. The zero-order chi connectivity index (χ0) is 27.2. The smallest absolute Gasteiger partial charge is 0.230 e. The third-order valence-corrected chi connectivity index (χ3v) is 7.19. The fourth-order valence-electron chi connectivity index (χ4n) is 4.87. The van der Waals surface area contributed by atoms with Crippen LogP contribution >= 0.6 is 0 Å². The van der Waals surface area contributed by atoms with Gasteiger partial charge in [-0.05, 0) is 56.5 Å². The van der Waals surface area contributed by atoms with Crippen LogP contribution in [0.2, 0.25) is 0 Å². The molecular formula is C28H35FN6O4. The number of ether oxygens (including phenoxy) is 2. The number of aliphatic hydroxyl groups is 1. The molecule has 4 N–H and O–H groups in total. The van der Waals surface area contributed by atoms with Gasteiger partial charge in [0.15, 0.2) is 5.82 Å². The lowest BCUT2D eigenvalue weighted by Gasteiger charge is -2.37. The molecule has 2 aliphatic rings. The Labute approximate surface area is 226 Å². The topological polar surface area (TPSA) is 134 Å². The Bertz CT molecular complexity index is 1250. The molecule has 5 rings (SSSR count). The molecule has 0 spiro atoms. The molecule has 1 aliphatic heterocycles. The lowest BCUT2D eigenvalue weighted by atomic mass is 9.89. The van der Waals surface area contributed by atoms with Crippen LogP contribution in [0.3, 0.4) is 0 Å². The van der Waals surface area contributed by atoms with E-state index in [9.17, 15) is 9.18 Å². The molecule has 208 valence electrons. The van der Waals surface area contributed by atoms with E-state index in [-0.39, 0.29) is 37.6 Å². The number of aliphatic hydroxyl groups excluding tert-OH is 1. The maximum absolute atomic E-state index is 13.7. The SMILES string of the molecule is CC1(C(=O)NC2CCCCC2)COC(c2nc(-c3ccc(F)cc3)c(-c3ccnc(NCCCO)n3)[nH]2)OC1. The molecule has 1 aromatic carbocycles. The van der Waals surface area contributed by atoms with Crippen molar-refractivity contribution in [3.8, 4) is 22.6 Å². The highest BCUT2D eigenvalue weighted by atomic mass is 19.1. The number of H-pyrrole nitrogens is 1. The summed E-state index contributed by atoms with van der Waals surface area (Å²) >= 11 is 0. The van der Waals surface area contributed by atoms with Gasteiger partial charge in [0.2, 0.25) is 18.1 Å². The molecule has 1 saturated heterocycles. The second kappa shape index (κ2) is 12.2. The van der Waals surface area contributed by atoms with E-state index in [4.69, 9.17) is 19.6 Å². The lowest BCUT2D eigenvalue weighted by molar-refractivity contribution is -0.231. The predicted octanol–water partition coefficient (Wildman–Crippen LogP) is 3.97. The van der Waals surface area contributed by atoms with Gasteiger partial charge in [0, 0.05) is 31.0 Å². The molecule has 0 radical (unpaired) electrons. The van der Waals surface area contributed by atoms with Crippen LogP contribution in [0.5, 0.6) is 0 Å². The summed E-state index contributed by atoms with van der Waals surface area (Å²) in [5.74, 6) is 0.430. The molecule has 11 heteroatoms. The number of carbonyl (C=O) groups excluding carboxylic acids is 1. The minimum atomic E-state index is -0.808. The van der Waals surface area contributed by atoms with Crippen LogP contribution in [0.4, 0.5) is 10.3 Å². The minimum absolute atomic E-state index is 0.0535. The zero-order valence-corrected chi connectivity index (χ0v) is 22.1. The van der Waals surface area contributed by atoms with E-state index in [1.807, 2.05) is 6.92 Å². The Morgan fingerprint density at radius 1 is 1.13 bits per heavy atom. The first-order valence-corrected chi connectivity index (χ1v) is 13.5. The van der Waals surface area contributed by atoms with Crippen molar-refractivity contribution in [1.29, 1.82) is 0 Å². The largest absolute Gasteiger partial charge is 0.396 e. The molecule has 1 amide bonds. The summed E-state index contributed by atoms with van der Waals surface area (Å²) in [5, 5.41) is 15.3. The van der Waals surface area contributed by atoms with Gasteiger partial charge in [0.25, 0.3) is 0 Å². The summed E-state index contributed by atoms with van der Waals surface area (Å²) < 4.78 is 25.7. The van der Waals surface area contributed by atoms with Crippen molar-refractivity contribution in [1.82, 2.24) is 25.3 Å². The highest BCUT2D eigenvalue weighted by Gasteiger charge is 2.41. The van der Waals surface area contributed by atoms with Gasteiger partial charge < -0.3 is 30.2 Å². The van der Waals surface area contributed by atoms with Crippen molar-refractivity contribution in [2.24, 2.45) is 5.41 Å². The van der Waals surface area contributed by atoms with Gasteiger partial charge in [-0.25, -0.2) is 19.3 Å². The van der Waals surface area contributed by atoms with E-state index in [0.717, 1.165) is 25.7 Å². The number of hydrogen-bond acceptors (Lipinski definition) is 8. The highest BCUT2D eigenvalue weighted by Crippen LogP contribution is 2.36. The zero-order valence-electron chi connectivity index (χ0n) is 22.1. The van der Waals surface area contributed by atoms with E-state index in [2.05, 4.69) is 25.6 Å². The predicted molar refractivity (Wildman–Crippen MR) is 143 cm³/mol. The maximum atomic E-state index is 13.7. The summed E-state index contributed by atoms with van der Waals surface area (Å²) in [4.78, 5) is 29.9. The van der Waals surface area contributed by atoms with Crippen molar-refractivity contribution in [2.45, 2.75) is 57.8 Å². The quantitative estimate of drug-likeness (QED) is 0.301. The van der Waals surface area contributed by atoms with E-state index >= 15 is 0 Å². The van der Waals surface area contributed by atoms with Crippen LogP contribution in [-0.4, -0.2) is 63.4 Å². The highest BCUT2D eigenvalue weighted by molar-refractivity contribution is 5.83. The number of amides is 1. The molecule has 10 nitrogen and oxygen atoms in total. The van der Waals surface area contributed by atoms with Gasteiger partial charge >= 0.3 is 0 Å². The van der Waals surface area contributed by atoms with Crippen LogP contribution in [0.15, 0.2) is 36.5 Å². The fraction of sp³-hybridized carbons (Fsp3) is 0.500. The molecule has 39 heavy (non-hydrogen) atoms. The summed E-state index contributed by atoms with van der Waals surface area (Å²) in [7, 11) is 0. The van der Waals surface area contributed by atoms with Gasteiger partial charge in [0.1, 0.15) is 5.82 Å². The minimum Gasteiger partial charge on any atom is -0.396 e. The monoisotopic (exact) mass is 538 g/mol. The van der Waals surface area contributed by atoms with Crippen molar-refractivity contribution in [2.75, 3.05) is 31.7 Å². The molecular weight excluding hydrogens is 503 g/mol. The summed E-state index contributed by atoms with van der Waals surface area (Å²) in [6.45, 7) is 2.81. The van der Waals surface area contributed by atoms with Gasteiger partial charge in [-0.1, -0.05) is 19.3 Å². The third kappa shape index (κ3) is 6.43. The number of imidazole rings is 1. The molecule has 1 saturated carbocycles. The molecule has 2 aromatic heterocycles. The van der Waals surface area contributed by atoms with Crippen molar-refractivity contribution in [3.05, 3.63) is 48.2 Å². The van der Waals surface area contributed by atoms with Gasteiger partial charge in [0.05, 0.1) is 35.7 Å². The molecule has 3 aromatic rings.